The van der Waals surface area contributed by atoms with Gasteiger partial charge in [-0.25, -0.2) is 8.42 Å². The number of pyridine rings is 1. The molecule has 4 aliphatic rings. The van der Waals surface area contributed by atoms with E-state index in [2.05, 4.69) is 14.7 Å². The number of ketones is 1. The molecule has 17 heteroatoms. The third-order valence-electron chi connectivity index (χ3n) is 12.1. The number of hydrogen-bond donors (Lipinski definition) is 1. The second kappa shape index (κ2) is 15.7. The van der Waals surface area contributed by atoms with Gasteiger partial charge in [0.05, 0.1) is 51.2 Å². The first-order valence-electron chi connectivity index (χ1n) is 19.4. The summed E-state index contributed by atoms with van der Waals surface area (Å²) in [6.07, 6.45) is 1.64. The summed E-state index contributed by atoms with van der Waals surface area (Å²) in [5, 5.41) is 0. The highest BCUT2D eigenvalue weighted by Gasteiger charge is 2.63. The molecule has 6 rings (SSSR count). The molecule has 7 atom stereocenters. The molecule has 12 nitrogen and oxygen atoms in total. The SMILES string of the molecule is Cc1cc(O[C@@H]2C[C@H]3C(=O)C[C@]4(C(=O)NS(=O)(=O)C5(C)CC5)C[C@H]4/C=C\CC[C@@H](C)C[C@@H](C)[C@H](CC(=O)OC(C)(C)C(F)(F)F)C(=O)N3C2)cc(-c2cncs2)n1. The van der Waals surface area contributed by atoms with Crippen molar-refractivity contribution in [3.8, 4) is 16.3 Å². The van der Waals surface area contributed by atoms with Gasteiger partial charge in [-0.3, -0.25) is 33.9 Å². The van der Waals surface area contributed by atoms with Crippen molar-refractivity contribution in [2.45, 2.75) is 128 Å². The van der Waals surface area contributed by atoms with Gasteiger partial charge in [-0.2, -0.15) is 13.2 Å². The smallest absolute Gasteiger partial charge is 0.427 e. The summed E-state index contributed by atoms with van der Waals surface area (Å²) in [7, 11) is -4.02. The lowest BCUT2D eigenvalue weighted by molar-refractivity contribution is -0.257. The highest BCUT2D eigenvalue weighted by molar-refractivity contribution is 7.91. The minimum atomic E-state index is -4.86. The first-order chi connectivity index (χ1) is 26.5. The van der Waals surface area contributed by atoms with Crippen LogP contribution in [0.15, 0.2) is 36.0 Å². The van der Waals surface area contributed by atoms with Gasteiger partial charge in [0.2, 0.25) is 27.4 Å². The number of aryl methyl sites for hydroxylation is 1. The van der Waals surface area contributed by atoms with Gasteiger partial charge in [0, 0.05) is 36.9 Å². The zero-order valence-electron chi connectivity index (χ0n) is 33.1. The van der Waals surface area contributed by atoms with E-state index in [1.807, 2.05) is 19.1 Å². The van der Waals surface area contributed by atoms with E-state index in [4.69, 9.17) is 9.47 Å². The molecule has 0 aromatic carbocycles. The number of sulfonamides is 1. The number of fused-ring (bicyclic) bond motifs is 2. The van der Waals surface area contributed by atoms with Crippen molar-refractivity contribution >= 4 is 44.9 Å². The standard InChI is InChI=1S/C40H51F3N4O8S2/c1-23-9-7-8-10-26-18-39(26,36(51)46-57(52,53)38(6)11-12-38)19-32(48)31-16-28(54-27-14-25(3)45-30(15-27)33-20-44-22-56-33)21-47(31)35(50)29(24(2)13-23)17-34(49)55-37(4,5)40(41,42)43/h8,10,14-15,20,22-24,26,28-29,31H,7,9,11-13,16-19,21H2,1-6H3,(H,46,51)/b10-8-/t23-,24-,26-,28-,29+,31+,39-/m1/s1. The Balaban J connectivity index is 1.34. The van der Waals surface area contributed by atoms with E-state index in [9.17, 15) is 40.8 Å². The largest absolute Gasteiger partial charge is 0.488 e. The van der Waals surface area contributed by atoms with Crippen LogP contribution in [-0.4, -0.2) is 82.1 Å². The van der Waals surface area contributed by atoms with E-state index >= 15 is 0 Å². The van der Waals surface area contributed by atoms with Gasteiger partial charge in [0.25, 0.3) is 0 Å². The van der Waals surface area contributed by atoms with E-state index in [1.165, 1.54) is 16.2 Å². The maximum Gasteiger partial charge on any atom is 0.427 e. The van der Waals surface area contributed by atoms with Crippen LogP contribution in [0.4, 0.5) is 13.2 Å². The van der Waals surface area contributed by atoms with E-state index in [0.717, 1.165) is 18.7 Å². The minimum Gasteiger partial charge on any atom is -0.488 e. The lowest BCUT2D eigenvalue weighted by Gasteiger charge is -2.33. The average molecular weight is 837 g/mol. The summed E-state index contributed by atoms with van der Waals surface area (Å²) >= 11 is 1.39. The van der Waals surface area contributed by atoms with Crippen LogP contribution in [0.3, 0.4) is 0 Å². The molecule has 312 valence electrons. The molecule has 2 aromatic heterocycles. The molecule has 2 aromatic rings. The molecule has 0 radical (unpaired) electrons. The van der Waals surface area contributed by atoms with E-state index < -0.39 is 91.8 Å². The van der Waals surface area contributed by atoms with Crippen molar-refractivity contribution in [2.75, 3.05) is 6.54 Å². The first kappa shape index (κ1) is 42.7. The number of rotatable bonds is 9. The Morgan fingerprint density at radius 3 is 2.49 bits per heavy atom. The van der Waals surface area contributed by atoms with Crippen LogP contribution in [0.1, 0.15) is 98.1 Å². The third kappa shape index (κ3) is 9.23. The Morgan fingerprint density at radius 1 is 1.12 bits per heavy atom. The highest BCUT2D eigenvalue weighted by atomic mass is 32.2. The second-order valence-corrected chi connectivity index (χ2v) is 20.4. The zero-order chi connectivity index (χ0) is 41.7. The maximum atomic E-state index is 14.8. The number of ether oxygens (including phenoxy) is 2. The van der Waals surface area contributed by atoms with E-state index in [0.29, 0.717) is 49.2 Å². The van der Waals surface area contributed by atoms with Crippen molar-refractivity contribution in [2.24, 2.45) is 29.1 Å². The Kier molecular flexibility index (Phi) is 11.8. The summed E-state index contributed by atoms with van der Waals surface area (Å²) in [5.74, 6) is -4.65. The fourth-order valence-corrected chi connectivity index (χ4v) is 9.93. The number of nitrogens with one attached hydrogen (secondary N) is 1. The number of alkyl halides is 3. The Bertz CT molecular complexity index is 2020. The molecule has 2 amide bonds. The Hall–Kier alpha value is -3.86. The normalized spacial score (nSPS) is 29.9. The Labute approximate surface area is 335 Å². The molecule has 1 saturated heterocycles. The number of Topliss-reactive ketones (excluding diaryl/α,β-unsaturated/α-hetero) is 1. The van der Waals surface area contributed by atoms with E-state index in [1.54, 1.807) is 44.6 Å². The summed E-state index contributed by atoms with van der Waals surface area (Å²) in [5.41, 5.74) is -1.23. The molecular formula is C40H51F3N4O8S2. The van der Waals surface area contributed by atoms with Crippen molar-refractivity contribution in [3.63, 3.8) is 0 Å². The van der Waals surface area contributed by atoms with Crippen molar-refractivity contribution in [3.05, 3.63) is 41.7 Å². The van der Waals surface area contributed by atoms with Crippen LogP contribution >= 0.6 is 11.3 Å². The predicted octanol–water partition coefficient (Wildman–Crippen LogP) is 6.73. The van der Waals surface area contributed by atoms with E-state index in [-0.39, 0.29) is 31.7 Å². The summed E-state index contributed by atoms with van der Waals surface area (Å²) < 4.78 is 80.2. The number of aromatic nitrogens is 2. The number of esters is 1. The number of halogens is 3. The van der Waals surface area contributed by atoms with Gasteiger partial charge < -0.3 is 14.4 Å². The van der Waals surface area contributed by atoms with Crippen LogP contribution in [0, 0.1) is 36.0 Å². The second-order valence-electron chi connectivity index (χ2n) is 17.3. The third-order valence-corrected chi connectivity index (χ3v) is 15.1. The number of thiazole rings is 1. The average Bonchev–Trinajstić information content (AvgIpc) is 3.85. The maximum absolute atomic E-state index is 14.8. The van der Waals surface area contributed by atoms with Gasteiger partial charge >= 0.3 is 12.1 Å². The molecule has 0 unspecified atom stereocenters. The minimum absolute atomic E-state index is 0.0134. The molecule has 3 fully saturated rings. The number of carbonyl (C=O) groups excluding carboxylic acids is 4. The molecule has 0 bridgehead atoms. The molecule has 0 spiro atoms. The monoisotopic (exact) mass is 836 g/mol. The van der Waals surface area contributed by atoms with Gasteiger partial charge in [-0.15, -0.1) is 11.3 Å². The summed E-state index contributed by atoms with van der Waals surface area (Å²) in [6, 6.07) is 2.31. The van der Waals surface area contributed by atoms with Crippen molar-refractivity contribution in [1.82, 2.24) is 19.6 Å². The van der Waals surface area contributed by atoms with Crippen molar-refractivity contribution in [1.29, 1.82) is 0 Å². The highest BCUT2D eigenvalue weighted by Crippen LogP contribution is 2.58. The van der Waals surface area contributed by atoms with Crippen molar-refractivity contribution < 1.29 is 50.2 Å². The van der Waals surface area contributed by atoms with Crippen LogP contribution < -0.4 is 9.46 Å². The lowest BCUT2D eigenvalue weighted by Crippen LogP contribution is -2.48. The predicted molar refractivity (Wildman–Crippen MR) is 205 cm³/mol. The lowest BCUT2D eigenvalue weighted by atomic mass is 9.82. The van der Waals surface area contributed by atoms with Gasteiger partial charge in [0.1, 0.15) is 11.9 Å². The van der Waals surface area contributed by atoms with Crippen LogP contribution in [0.5, 0.6) is 5.75 Å². The Morgan fingerprint density at radius 2 is 1.84 bits per heavy atom. The summed E-state index contributed by atoms with van der Waals surface area (Å²) in [4.78, 5) is 67.4. The zero-order valence-corrected chi connectivity index (χ0v) is 34.7. The number of nitrogens with zero attached hydrogens (tertiary/aromatic N) is 3. The quantitative estimate of drug-likeness (QED) is 0.212. The molecule has 57 heavy (non-hydrogen) atoms. The topological polar surface area (TPSA) is 162 Å². The number of allylic oxidation sites excluding steroid dienone is 2. The van der Waals surface area contributed by atoms with Crippen LogP contribution in [-0.2, 0) is 33.9 Å². The number of amides is 2. The van der Waals surface area contributed by atoms with Gasteiger partial charge in [-0.1, -0.05) is 26.0 Å². The molecule has 2 aliphatic carbocycles. The van der Waals surface area contributed by atoms with Gasteiger partial charge in [-0.05, 0) is 84.0 Å². The molecule has 4 heterocycles. The number of carbonyl (C=O) groups is 4. The fourth-order valence-electron chi connectivity index (χ4n) is 8.01. The molecular weight excluding hydrogens is 786 g/mol. The van der Waals surface area contributed by atoms with Crippen LogP contribution in [0.25, 0.3) is 10.6 Å². The van der Waals surface area contributed by atoms with Crippen LogP contribution in [0.2, 0.25) is 0 Å². The first-order valence-corrected chi connectivity index (χ1v) is 21.8. The summed E-state index contributed by atoms with van der Waals surface area (Å²) in [6.45, 7) is 8.51. The molecule has 2 saturated carbocycles. The van der Waals surface area contributed by atoms with Gasteiger partial charge in [0.15, 0.2) is 5.78 Å². The molecule has 2 aliphatic heterocycles. The molecule has 1 N–H and O–H groups in total. The number of hydrogen-bond acceptors (Lipinski definition) is 11. The fraction of sp³-hybridized carbons (Fsp3) is 0.650.